The molecule has 1 heterocycles. The van der Waals surface area contributed by atoms with E-state index in [-0.39, 0.29) is 11.3 Å². The molecule has 0 atom stereocenters. The molecule has 108 valence electrons. The van der Waals surface area contributed by atoms with Crippen molar-refractivity contribution in [2.75, 3.05) is 6.54 Å². The predicted octanol–water partition coefficient (Wildman–Crippen LogP) is 2.55. The SMILES string of the molecule is CC(C)(CCCN)C(=O)NCc1ccc2[nH]ccc2c1. The smallest absolute Gasteiger partial charge is 0.225 e. The highest BCUT2D eigenvalue weighted by atomic mass is 16.2. The van der Waals surface area contributed by atoms with E-state index in [2.05, 4.69) is 16.4 Å². The van der Waals surface area contributed by atoms with Crippen molar-refractivity contribution in [1.29, 1.82) is 0 Å². The highest BCUT2D eigenvalue weighted by Gasteiger charge is 2.26. The highest BCUT2D eigenvalue weighted by Crippen LogP contribution is 2.22. The zero-order chi connectivity index (χ0) is 14.6. The Kier molecular flexibility index (Phi) is 4.45. The highest BCUT2D eigenvalue weighted by molar-refractivity contribution is 5.82. The average molecular weight is 273 g/mol. The minimum atomic E-state index is -0.364. The lowest BCUT2D eigenvalue weighted by Crippen LogP contribution is -2.36. The molecule has 2 aromatic rings. The second kappa shape index (κ2) is 6.09. The van der Waals surface area contributed by atoms with Crippen LogP contribution < -0.4 is 11.1 Å². The number of carbonyl (C=O) groups excluding carboxylic acids is 1. The molecule has 0 unspecified atom stereocenters. The summed E-state index contributed by atoms with van der Waals surface area (Å²) in [5.41, 5.74) is 7.37. The van der Waals surface area contributed by atoms with Crippen molar-refractivity contribution in [3.8, 4) is 0 Å². The van der Waals surface area contributed by atoms with Gasteiger partial charge in [0, 0.05) is 23.7 Å². The molecule has 0 bridgehead atoms. The Morgan fingerprint density at radius 1 is 1.35 bits per heavy atom. The lowest BCUT2D eigenvalue weighted by atomic mass is 9.86. The molecule has 4 heteroatoms. The maximum Gasteiger partial charge on any atom is 0.225 e. The third-order valence-electron chi connectivity index (χ3n) is 3.69. The minimum absolute atomic E-state index is 0.0834. The molecule has 0 aliphatic rings. The van der Waals surface area contributed by atoms with Gasteiger partial charge in [-0.25, -0.2) is 0 Å². The Bertz CT molecular complexity index is 586. The molecular formula is C16H23N3O. The molecule has 0 saturated carbocycles. The van der Waals surface area contributed by atoms with Crippen molar-refractivity contribution in [3.05, 3.63) is 36.0 Å². The van der Waals surface area contributed by atoms with Crippen LogP contribution in [-0.4, -0.2) is 17.4 Å². The molecule has 1 aromatic carbocycles. The van der Waals surface area contributed by atoms with Crippen LogP contribution in [0.15, 0.2) is 30.5 Å². The summed E-state index contributed by atoms with van der Waals surface area (Å²) in [5.74, 6) is 0.0834. The summed E-state index contributed by atoms with van der Waals surface area (Å²) in [6.45, 7) is 5.12. The first kappa shape index (κ1) is 14.6. The summed E-state index contributed by atoms with van der Waals surface area (Å²) in [7, 11) is 0. The first-order valence-corrected chi connectivity index (χ1v) is 7.07. The zero-order valence-electron chi connectivity index (χ0n) is 12.2. The van der Waals surface area contributed by atoms with Crippen LogP contribution in [0.4, 0.5) is 0 Å². The number of rotatable bonds is 6. The monoisotopic (exact) mass is 273 g/mol. The standard InChI is InChI=1S/C16H23N3O/c1-16(2,7-3-8-17)15(20)19-11-12-4-5-14-13(10-12)6-9-18-14/h4-6,9-10,18H,3,7-8,11,17H2,1-2H3,(H,19,20). The summed E-state index contributed by atoms with van der Waals surface area (Å²) < 4.78 is 0. The van der Waals surface area contributed by atoms with E-state index in [0.29, 0.717) is 13.1 Å². The number of H-pyrrole nitrogens is 1. The van der Waals surface area contributed by atoms with E-state index >= 15 is 0 Å². The number of nitrogens with two attached hydrogens (primary N) is 1. The van der Waals surface area contributed by atoms with Gasteiger partial charge in [-0.3, -0.25) is 4.79 Å². The number of aromatic amines is 1. The van der Waals surface area contributed by atoms with Gasteiger partial charge in [0.05, 0.1) is 0 Å². The third kappa shape index (κ3) is 3.39. The van der Waals surface area contributed by atoms with Crippen molar-refractivity contribution in [2.24, 2.45) is 11.1 Å². The molecule has 0 aliphatic heterocycles. The fourth-order valence-corrected chi connectivity index (χ4v) is 2.29. The van der Waals surface area contributed by atoms with Crippen LogP contribution in [0.3, 0.4) is 0 Å². The van der Waals surface area contributed by atoms with Crippen LogP contribution in [0.1, 0.15) is 32.3 Å². The predicted molar refractivity (Wildman–Crippen MR) is 82.2 cm³/mol. The van der Waals surface area contributed by atoms with Gasteiger partial charge < -0.3 is 16.0 Å². The number of amides is 1. The number of benzene rings is 1. The van der Waals surface area contributed by atoms with Crippen LogP contribution >= 0.6 is 0 Å². The Morgan fingerprint density at radius 3 is 2.90 bits per heavy atom. The van der Waals surface area contributed by atoms with E-state index in [1.807, 2.05) is 38.2 Å². The van der Waals surface area contributed by atoms with Crippen molar-refractivity contribution in [1.82, 2.24) is 10.3 Å². The Labute approximate surface area is 119 Å². The van der Waals surface area contributed by atoms with Crippen LogP contribution in [-0.2, 0) is 11.3 Å². The van der Waals surface area contributed by atoms with Crippen LogP contribution in [0.2, 0.25) is 0 Å². The molecule has 0 spiro atoms. The summed E-state index contributed by atoms with van der Waals surface area (Å²) in [6, 6.07) is 8.20. The number of aromatic nitrogens is 1. The lowest BCUT2D eigenvalue weighted by molar-refractivity contribution is -0.129. The molecule has 1 amide bonds. The Hall–Kier alpha value is -1.81. The lowest BCUT2D eigenvalue weighted by Gasteiger charge is -2.23. The molecule has 0 radical (unpaired) electrons. The number of hydrogen-bond acceptors (Lipinski definition) is 2. The van der Waals surface area contributed by atoms with Crippen LogP contribution in [0, 0.1) is 5.41 Å². The average Bonchev–Trinajstić information content (AvgIpc) is 2.89. The molecule has 2 rings (SSSR count). The summed E-state index contributed by atoms with van der Waals surface area (Å²) >= 11 is 0. The van der Waals surface area contributed by atoms with Gasteiger partial charge in [0.25, 0.3) is 0 Å². The van der Waals surface area contributed by atoms with Crippen LogP contribution in [0.5, 0.6) is 0 Å². The minimum Gasteiger partial charge on any atom is -0.361 e. The van der Waals surface area contributed by atoms with E-state index in [4.69, 9.17) is 5.73 Å². The van der Waals surface area contributed by atoms with E-state index in [1.165, 1.54) is 5.39 Å². The summed E-state index contributed by atoms with van der Waals surface area (Å²) in [5, 5.41) is 4.18. The van der Waals surface area contributed by atoms with Gasteiger partial charge in [-0.15, -0.1) is 0 Å². The van der Waals surface area contributed by atoms with Crippen molar-refractivity contribution in [2.45, 2.75) is 33.2 Å². The zero-order valence-corrected chi connectivity index (χ0v) is 12.2. The largest absolute Gasteiger partial charge is 0.361 e. The van der Waals surface area contributed by atoms with Gasteiger partial charge in [-0.2, -0.15) is 0 Å². The first-order valence-electron chi connectivity index (χ1n) is 7.07. The Balaban J connectivity index is 1.95. The molecular weight excluding hydrogens is 250 g/mol. The van der Waals surface area contributed by atoms with Crippen LogP contribution in [0.25, 0.3) is 10.9 Å². The molecule has 0 saturated heterocycles. The van der Waals surface area contributed by atoms with Gasteiger partial charge in [0.2, 0.25) is 5.91 Å². The topological polar surface area (TPSA) is 70.9 Å². The summed E-state index contributed by atoms with van der Waals surface area (Å²) in [4.78, 5) is 15.4. The fraction of sp³-hybridized carbons (Fsp3) is 0.438. The van der Waals surface area contributed by atoms with Gasteiger partial charge in [-0.1, -0.05) is 19.9 Å². The van der Waals surface area contributed by atoms with Gasteiger partial charge in [-0.05, 0) is 48.5 Å². The van der Waals surface area contributed by atoms with E-state index in [1.54, 1.807) is 0 Å². The second-order valence-corrected chi connectivity index (χ2v) is 5.86. The van der Waals surface area contributed by atoms with E-state index in [9.17, 15) is 4.79 Å². The van der Waals surface area contributed by atoms with Crippen molar-refractivity contribution in [3.63, 3.8) is 0 Å². The maximum atomic E-state index is 12.2. The molecule has 20 heavy (non-hydrogen) atoms. The normalized spacial score (nSPS) is 11.8. The second-order valence-electron chi connectivity index (χ2n) is 5.86. The van der Waals surface area contributed by atoms with Gasteiger partial charge >= 0.3 is 0 Å². The maximum absolute atomic E-state index is 12.2. The molecule has 0 aliphatic carbocycles. The molecule has 4 nitrogen and oxygen atoms in total. The summed E-state index contributed by atoms with van der Waals surface area (Å²) in [6.07, 6.45) is 3.60. The molecule has 4 N–H and O–H groups in total. The number of fused-ring (bicyclic) bond motifs is 1. The molecule has 1 aromatic heterocycles. The fourth-order valence-electron chi connectivity index (χ4n) is 2.29. The van der Waals surface area contributed by atoms with Gasteiger partial charge in [0.15, 0.2) is 0 Å². The quantitative estimate of drug-likeness (QED) is 0.757. The molecule has 0 fully saturated rings. The van der Waals surface area contributed by atoms with Crippen molar-refractivity contribution >= 4 is 16.8 Å². The van der Waals surface area contributed by atoms with E-state index < -0.39 is 0 Å². The van der Waals surface area contributed by atoms with E-state index in [0.717, 1.165) is 23.9 Å². The van der Waals surface area contributed by atoms with Gasteiger partial charge in [0.1, 0.15) is 0 Å². The Morgan fingerprint density at radius 2 is 2.15 bits per heavy atom. The van der Waals surface area contributed by atoms with Crippen molar-refractivity contribution < 1.29 is 4.79 Å². The first-order chi connectivity index (χ1) is 9.53. The third-order valence-corrected chi connectivity index (χ3v) is 3.69. The number of nitrogens with one attached hydrogen (secondary N) is 2. The number of carbonyl (C=O) groups is 1. The number of hydrogen-bond donors (Lipinski definition) is 3.